The van der Waals surface area contributed by atoms with Gasteiger partial charge in [0.1, 0.15) is 0 Å². The third-order valence-corrected chi connectivity index (χ3v) is 4.39. The summed E-state index contributed by atoms with van der Waals surface area (Å²) < 4.78 is 2.14. The molecule has 3 N–H and O–H groups in total. The first-order valence-corrected chi connectivity index (χ1v) is 8.43. The largest absolute Gasteiger partial charge is 0.396 e. The lowest BCUT2D eigenvalue weighted by atomic mass is 9.79. The van der Waals surface area contributed by atoms with Crippen molar-refractivity contribution in [2.45, 2.75) is 46.6 Å². The second-order valence-electron chi connectivity index (χ2n) is 5.72. The van der Waals surface area contributed by atoms with E-state index in [2.05, 4.69) is 48.4 Å². The Balaban J connectivity index is 2.55. The maximum Gasteiger partial charge on any atom is 0.191 e. The maximum absolute atomic E-state index is 9.30. The van der Waals surface area contributed by atoms with Crippen LogP contribution in [0.4, 0.5) is 0 Å². The quantitative estimate of drug-likeness (QED) is 0.459. The molecule has 126 valence electrons. The molecule has 5 nitrogen and oxygen atoms in total. The lowest BCUT2D eigenvalue weighted by Gasteiger charge is -2.29. The predicted octanol–water partition coefficient (Wildman–Crippen LogP) is 2.23. The molecule has 0 aliphatic rings. The lowest BCUT2D eigenvalue weighted by molar-refractivity contribution is 0.175. The predicted molar refractivity (Wildman–Crippen MR) is 93.1 cm³/mol. The molecule has 0 aliphatic carbocycles. The number of hydrogen-bond acceptors (Lipinski definition) is 2. The van der Waals surface area contributed by atoms with Gasteiger partial charge in [0.25, 0.3) is 0 Å². The van der Waals surface area contributed by atoms with E-state index in [1.807, 2.05) is 12.1 Å². The average molecular weight is 308 g/mol. The van der Waals surface area contributed by atoms with Gasteiger partial charge in [0, 0.05) is 45.2 Å². The minimum Gasteiger partial charge on any atom is -0.396 e. The van der Waals surface area contributed by atoms with E-state index in [1.54, 1.807) is 0 Å². The number of aromatic nitrogens is 1. The summed E-state index contributed by atoms with van der Waals surface area (Å²) >= 11 is 0. The summed E-state index contributed by atoms with van der Waals surface area (Å²) in [6.07, 6.45) is 7.01. The van der Waals surface area contributed by atoms with E-state index in [4.69, 9.17) is 4.99 Å². The molecule has 0 bridgehead atoms. The van der Waals surface area contributed by atoms with E-state index in [9.17, 15) is 5.11 Å². The van der Waals surface area contributed by atoms with Crippen LogP contribution in [0.25, 0.3) is 0 Å². The van der Waals surface area contributed by atoms with Gasteiger partial charge < -0.3 is 20.3 Å². The van der Waals surface area contributed by atoms with Crippen LogP contribution < -0.4 is 10.6 Å². The van der Waals surface area contributed by atoms with Gasteiger partial charge in [-0.15, -0.1) is 0 Å². The molecule has 1 aromatic heterocycles. The fourth-order valence-electron chi connectivity index (χ4n) is 2.55. The van der Waals surface area contributed by atoms with Crippen molar-refractivity contribution in [3.05, 3.63) is 24.5 Å². The van der Waals surface area contributed by atoms with Gasteiger partial charge in [-0.25, -0.2) is 0 Å². The van der Waals surface area contributed by atoms with Crippen molar-refractivity contribution >= 4 is 5.96 Å². The molecule has 0 unspecified atom stereocenters. The van der Waals surface area contributed by atoms with Crippen LogP contribution in [-0.2, 0) is 6.54 Å². The molecule has 5 heteroatoms. The standard InChI is InChI=1S/C17H32N4O/c1-4-17(5-2,9-14-22)15-20-16(18-6-3)19-10-13-21-11-7-8-12-21/h7-8,11-12,22H,4-6,9-10,13-15H2,1-3H3,(H2,18,19,20). The number of hydrogen-bond donors (Lipinski definition) is 3. The van der Waals surface area contributed by atoms with Crippen molar-refractivity contribution in [2.75, 3.05) is 26.2 Å². The maximum atomic E-state index is 9.30. The molecule has 22 heavy (non-hydrogen) atoms. The summed E-state index contributed by atoms with van der Waals surface area (Å²) in [7, 11) is 0. The number of nitrogens with one attached hydrogen (secondary N) is 2. The fourth-order valence-corrected chi connectivity index (χ4v) is 2.55. The highest BCUT2D eigenvalue weighted by molar-refractivity contribution is 5.79. The van der Waals surface area contributed by atoms with E-state index in [0.717, 1.165) is 51.4 Å². The highest BCUT2D eigenvalue weighted by Crippen LogP contribution is 2.30. The fraction of sp³-hybridized carbons (Fsp3) is 0.706. The van der Waals surface area contributed by atoms with Crippen LogP contribution in [0.15, 0.2) is 29.5 Å². The Morgan fingerprint density at radius 3 is 2.36 bits per heavy atom. The zero-order valence-electron chi connectivity index (χ0n) is 14.3. The van der Waals surface area contributed by atoms with Crippen LogP contribution in [0.2, 0.25) is 0 Å². The van der Waals surface area contributed by atoms with Gasteiger partial charge in [0.15, 0.2) is 5.96 Å². The van der Waals surface area contributed by atoms with Crippen LogP contribution in [0, 0.1) is 5.41 Å². The van der Waals surface area contributed by atoms with E-state index in [-0.39, 0.29) is 12.0 Å². The number of aliphatic imine (C=N–C) groups is 1. The molecule has 0 radical (unpaired) electrons. The normalized spacial score (nSPS) is 12.5. The first-order valence-electron chi connectivity index (χ1n) is 8.43. The van der Waals surface area contributed by atoms with Gasteiger partial charge in [-0.1, -0.05) is 13.8 Å². The summed E-state index contributed by atoms with van der Waals surface area (Å²) in [4.78, 5) is 4.74. The van der Waals surface area contributed by atoms with Gasteiger partial charge in [-0.05, 0) is 43.7 Å². The number of aliphatic hydroxyl groups is 1. The number of nitrogens with zero attached hydrogens (tertiary/aromatic N) is 2. The van der Waals surface area contributed by atoms with Gasteiger partial charge in [-0.3, -0.25) is 4.99 Å². The molecule has 0 saturated carbocycles. The van der Waals surface area contributed by atoms with Gasteiger partial charge in [0.05, 0.1) is 0 Å². The average Bonchev–Trinajstić information content (AvgIpc) is 3.04. The zero-order valence-corrected chi connectivity index (χ0v) is 14.3. The molecule has 0 aromatic carbocycles. The Morgan fingerprint density at radius 2 is 1.82 bits per heavy atom. The summed E-state index contributed by atoms with van der Waals surface area (Å²) in [5.41, 5.74) is 0.109. The lowest BCUT2D eigenvalue weighted by Crippen LogP contribution is -2.40. The molecule has 0 amide bonds. The van der Waals surface area contributed by atoms with Gasteiger partial charge >= 0.3 is 0 Å². The zero-order chi connectivity index (χ0) is 16.3. The Bertz CT molecular complexity index is 410. The van der Waals surface area contributed by atoms with Crippen molar-refractivity contribution in [2.24, 2.45) is 10.4 Å². The molecule has 1 heterocycles. The highest BCUT2D eigenvalue weighted by Gasteiger charge is 2.25. The number of aliphatic hydroxyl groups excluding tert-OH is 1. The minimum absolute atomic E-state index is 0.109. The summed E-state index contributed by atoms with van der Waals surface area (Å²) in [6.45, 7) is 10.0. The van der Waals surface area contributed by atoms with E-state index < -0.39 is 0 Å². The Morgan fingerprint density at radius 1 is 1.14 bits per heavy atom. The van der Waals surface area contributed by atoms with Crippen LogP contribution in [0.5, 0.6) is 0 Å². The Kier molecular flexibility index (Phi) is 8.67. The Labute approximate surface area is 134 Å². The topological polar surface area (TPSA) is 61.6 Å². The van der Waals surface area contributed by atoms with E-state index >= 15 is 0 Å². The number of guanidine groups is 1. The summed E-state index contributed by atoms with van der Waals surface area (Å²) in [5, 5.41) is 16.0. The van der Waals surface area contributed by atoms with Gasteiger partial charge in [-0.2, -0.15) is 0 Å². The third kappa shape index (κ3) is 6.10. The van der Waals surface area contributed by atoms with Crippen LogP contribution in [-0.4, -0.2) is 41.9 Å². The van der Waals surface area contributed by atoms with Gasteiger partial charge in [0.2, 0.25) is 0 Å². The number of rotatable bonds is 10. The molecular weight excluding hydrogens is 276 g/mol. The van der Waals surface area contributed by atoms with Crippen molar-refractivity contribution in [1.82, 2.24) is 15.2 Å². The van der Waals surface area contributed by atoms with E-state index in [1.165, 1.54) is 0 Å². The van der Waals surface area contributed by atoms with Crippen LogP contribution in [0.3, 0.4) is 0 Å². The molecule has 0 atom stereocenters. The molecule has 0 spiro atoms. The second-order valence-corrected chi connectivity index (χ2v) is 5.72. The summed E-state index contributed by atoms with van der Waals surface area (Å²) in [5.74, 6) is 0.860. The third-order valence-electron chi connectivity index (χ3n) is 4.39. The smallest absolute Gasteiger partial charge is 0.191 e. The first kappa shape index (κ1) is 18.6. The Hall–Kier alpha value is -1.49. The molecule has 0 fully saturated rings. The summed E-state index contributed by atoms with van der Waals surface area (Å²) in [6, 6.07) is 4.07. The molecule has 0 aliphatic heterocycles. The molecule has 1 rings (SSSR count). The minimum atomic E-state index is 0.109. The SMILES string of the molecule is CCNC(=NCC(CC)(CC)CCO)NCCn1cccc1. The van der Waals surface area contributed by atoms with Crippen LogP contribution in [0.1, 0.15) is 40.0 Å². The van der Waals surface area contributed by atoms with Crippen molar-refractivity contribution in [3.63, 3.8) is 0 Å². The van der Waals surface area contributed by atoms with Crippen LogP contribution >= 0.6 is 0 Å². The van der Waals surface area contributed by atoms with Crippen molar-refractivity contribution < 1.29 is 5.11 Å². The van der Waals surface area contributed by atoms with Crippen molar-refractivity contribution in [3.8, 4) is 0 Å². The van der Waals surface area contributed by atoms with E-state index in [0.29, 0.717) is 0 Å². The first-order chi connectivity index (χ1) is 10.7. The second kappa shape index (κ2) is 10.3. The van der Waals surface area contributed by atoms with Crippen molar-refractivity contribution in [1.29, 1.82) is 0 Å². The highest BCUT2D eigenvalue weighted by atomic mass is 16.3. The monoisotopic (exact) mass is 308 g/mol. The molecular formula is C17H32N4O. The molecule has 0 saturated heterocycles. The molecule has 1 aromatic rings.